The van der Waals surface area contributed by atoms with Crippen LogP contribution < -0.4 is 0 Å². The van der Waals surface area contributed by atoms with E-state index in [2.05, 4.69) is 11.9 Å². The van der Waals surface area contributed by atoms with E-state index in [1.54, 1.807) is 14.2 Å². The fraction of sp³-hybridized carbons (Fsp3) is 1.00. The van der Waals surface area contributed by atoms with Crippen molar-refractivity contribution in [2.75, 3.05) is 47.6 Å². The maximum atomic E-state index is 5.02. The molecule has 0 saturated carbocycles. The van der Waals surface area contributed by atoms with Crippen molar-refractivity contribution in [1.29, 1.82) is 0 Å². The number of unbranched alkanes of at least 4 members (excludes halogenated alkanes) is 3. The summed E-state index contributed by atoms with van der Waals surface area (Å²) in [5.74, 6) is 0. The van der Waals surface area contributed by atoms with E-state index in [1.807, 2.05) is 0 Å². The Balaban J connectivity index is 3.08. The summed E-state index contributed by atoms with van der Waals surface area (Å²) in [6.45, 7) is 4.18. The second kappa shape index (κ2) is 12.0. The predicted molar refractivity (Wildman–Crippen MR) is 64.3 cm³/mol. The van der Waals surface area contributed by atoms with Crippen molar-refractivity contribution in [3.63, 3.8) is 0 Å². The average Bonchev–Trinajstić information content (AvgIpc) is 2.24. The van der Waals surface area contributed by atoms with Gasteiger partial charge in [0.15, 0.2) is 0 Å². The highest BCUT2D eigenvalue weighted by molar-refractivity contribution is 4.52. The van der Waals surface area contributed by atoms with Crippen LogP contribution in [0.5, 0.6) is 0 Å². The van der Waals surface area contributed by atoms with Gasteiger partial charge >= 0.3 is 0 Å². The highest BCUT2D eigenvalue weighted by Crippen LogP contribution is 1.99. The van der Waals surface area contributed by atoms with Crippen LogP contribution in [0.3, 0.4) is 0 Å². The molecule has 0 aromatic rings. The third-order valence-electron chi connectivity index (χ3n) is 2.53. The van der Waals surface area contributed by atoms with E-state index < -0.39 is 0 Å². The Kier molecular flexibility index (Phi) is 11.9. The highest BCUT2D eigenvalue weighted by atomic mass is 16.5. The topological polar surface area (TPSA) is 21.7 Å². The minimum atomic E-state index is 0.891. The van der Waals surface area contributed by atoms with Crippen LogP contribution in [0, 0.1) is 0 Å². The van der Waals surface area contributed by atoms with Gasteiger partial charge in [0.1, 0.15) is 0 Å². The summed E-state index contributed by atoms with van der Waals surface area (Å²) in [6, 6.07) is 0. The molecule has 0 N–H and O–H groups in total. The Morgan fingerprint density at radius 3 is 1.73 bits per heavy atom. The van der Waals surface area contributed by atoms with Crippen LogP contribution >= 0.6 is 0 Å². The molecule has 0 aromatic heterocycles. The minimum absolute atomic E-state index is 0.891. The van der Waals surface area contributed by atoms with E-state index in [0.717, 1.165) is 13.2 Å². The molecule has 0 saturated heterocycles. The predicted octanol–water partition coefficient (Wildman–Crippen LogP) is 2.16. The lowest BCUT2D eigenvalue weighted by atomic mass is 10.2. The van der Waals surface area contributed by atoms with Crippen molar-refractivity contribution in [3.05, 3.63) is 0 Å². The summed E-state index contributed by atoms with van der Waals surface area (Å²) < 4.78 is 10.0. The first-order chi connectivity index (χ1) is 7.31. The van der Waals surface area contributed by atoms with Gasteiger partial charge in [0, 0.05) is 27.4 Å². The van der Waals surface area contributed by atoms with Gasteiger partial charge < -0.3 is 14.4 Å². The molecule has 3 heteroatoms. The SMILES string of the molecule is COCCCCCN(C)CCCCOC. The van der Waals surface area contributed by atoms with Gasteiger partial charge in [-0.2, -0.15) is 0 Å². The van der Waals surface area contributed by atoms with Crippen LogP contribution in [-0.4, -0.2) is 52.5 Å². The Morgan fingerprint density at radius 2 is 1.20 bits per heavy atom. The summed E-state index contributed by atoms with van der Waals surface area (Å²) in [7, 11) is 5.73. The van der Waals surface area contributed by atoms with Crippen molar-refractivity contribution in [2.45, 2.75) is 32.1 Å². The molecule has 0 spiro atoms. The molecule has 0 bridgehead atoms. The number of hydrogen-bond donors (Lipinski definition) is 0. The number of rotatable bonds is 11. The Bertz CT molecular complexity index is 120. The first-order valence-corrected chi connectivity index (χ1v) is 5.97. The van der Waals surface area contributed by atoms with Crippen LogP contribution in [0.2, 0.25) is 0 Å². The molecule has 0 aromatic carbocycles. The molecule has 0 aliphatic rings. The number of nitrogens with zero attached hydrogens (tertiary/aromatic N) is 1. The molecule has 3 nitrogen and oxygen atoms in total. The van der Waals surface area contributed by atoms with Gasteiger partial charge in [-0.15, -0.1) is 0 Å². The molecular formula is C12H27NO2. The fourth-order valence-electron chi connectivity index (χ4n) is 1.54. The summed E-state index contributed by atoms with van der Waals surface area (Å²) in [4.78, 5) is 2.41. The molecule has 15 heavy (non-hydrogen) atoms. The number of hydrogen-bond acceptors (Lipinski definition) is 3. The van der Waals surface area contributed by atoms with E-state index in [-0.39, 0.29) is 0 Å². The highest BCUT2D eigenvalue weighted by Gasteiger charge is 1.97. The molecule has 92 valence electrons. The monoisotopic (exact) mass is 217 g/mol. The fourth-order valence-corrected chi connectivity index (χ4v) is 1.54. The maximum absolute atomic E-state index is 5.02. The molecule has 0 atom stereocenters. The molecule has 0 rings (SSSR count). The lowest BCUT2D eigenvalue weighted by Gasteiger charge is -2.15. The number of ether oxygens (including phenoxy) is 2. The lowest BCUT2D eigenvalue weighted by molar-refractivity contribution is 0.184. The molecule has 0 radical (unpaired) electrons. The standard InChI is InChI=1S/C12H27NO2/c1-13(10-6-8-12-15-3)9-5-4-7-11-14-2/h4-12H2,1-3H3. The minimum Gasteiger partial charge on any atom is -0.385 e. The van der Waals surface area contributed by atoms with E-state index in [0.29, 0.717) is 0 Å². The van der Waals surface area contributed by atoms with Crippen LogP contribution in [0.4, 0.5) is 0 Å². The quantitative estimate of drug-likeness (QED) is 0.495. The molecule has 0 unspecified atom stereocenters. The first-order valence-electron chi connectivity index (χ1n) is 5.97. The Hall–Kier alpha value is -0.120. The van der Waals surface area contributed by atoms with Gasteiger partial charge in [0.25, 0.3) is 0 Å². The van der Waals surface area contributed by atoms with Gasteiger partial charge in [0.2, 0.25) is 0 Å². The van der Waals surface area contributed by atoms with E-state index >= 15 is 0 Å². The third kappa shape index (κ3) is 11.8. The molecule has 0 heterocycles. The van der Waals surface area contributed by atoms with E-state index in [9.17, 15) is 0 Å². The lowest BCUT2D eigenvalue weighted by Crippen LogP contribution is -2.21. The second-order valence-corrected chi connectivity index (χ2v) is 4.06. The van der Waals surface area contributed by atoms with Gasteiger partial charge in [0.05, 0.1) is 0 Å². The van der Waals surface area contributed by atoms with Gasteiger partial charge in [-0.05, 0) is 52.2 Å². The molecular weight excluding hydrogens is 190 g/mol. The normalized spacial score (nSPS) is 11.2. The van der Waals surface area contributed by atoms with Crippen molar-refractivity contribution in [3.8, 4) is 0 Å². The van der Waals surface area contributed by atoms with Gasteiger partial charge in [-0.1, -0.05) is 0 Å². The van der Waals surface area contributed by atoms with Gasteiger partial charge in [-0.25, -0.2) is 0 Å². The van der Waals surface area contributed by atoms with Crippen molar-refractivity contribution in [1.82, 2.24) is 4.90 Å². The van der Waals surface area contributed by atoms with E-state index in [4.69, 9.17) is 9.47 Å². The smallest absolute Gasteiger partial charge is 0.0462 e. The summed E-state index contributed by atoms with van der Waals surface area (Å²) in [6.07, 6.45) is 6.15. The largest absolute Gasteiger partial charge is 0.385 e. The van der Waals surface area contributed by atoms with Crippen molar-refractivity contribution in [2.24, 2.45) is 0 Å². The first kappa shape index (κ1) is 14.9. The molecule has 0 amide bonds. The van der Waals surface area contributed by atoms with Crippen LogP contribution in [-0.2, 0) is 9.47 Å². The summed E-state index contributed by atoms with van der Waals surface area (Å²) in [5, 5.41) is 0. The molecule has 0 fully saturated rings. The van der Waals surface area contributed by atoms with Crippen LogP contribution in [0.15, 0.2) is 0 Å². The van der Waals surface area contributed by atoms with Crippen molar-refractivity contribution >= 4 is 0 Å². The zero-order chi connectivity index (χ0) is 11.4. The van der Waals surface area contributed by atoms with Gasteiger partial charge in [-0.3, -0.25) is 0 Å². The Morgan fingerprint density at radius 1 is 0.733 bits per heavy atom. The number of methoxy groups -OCH3 is 2. The summed E-state index contributed by atoms with van der Waals surface area (Å²) in [5.41, 5.74) is 0. The Labute approximate surface area is 94.7 Å². The zero-order valence-electron chi connectivity index (χ0n) is 10.6. The van der Waals surface area contributed by atoms with Crippen LogP contribution in [0.25, 0.3) is 0 Å². The van der Waals surface area contributed by atoms with Crippen LogP contribution in [0.1, 0.15) is 32.1 Å². The second-order valence-electron chi connectivity index (χ2n) is 4.06. The maximum Gasteiger partial charge on any atom is 0.0462 e. The zero-order valence-corrected chi connectivity index (χ0v) is 10.6. The molecule has 0 aliphatic carbocycles. The average molecular weight is 217 g/mol. The van der Waals surface area contributed by atoms with E-state index in [1.165, 1.54) is 45.2 Å². The third-order valence-corrected chi connectivity index (χ3v) is 2.53. The van der Waals surface area contributed by atoms with Crippen molar-refractivity contribution < 1.29 is 9.47 Å². The summed E-state index contributed by atoms with van der Waals surface area (Å²) >= 11 is 0. The molecule has 0 aliphatic heterocycles.